The fourth-order valence-corrected chi connectivity index (χ4v) is 2.83. The summed E-state index contributed by atoms with van der Waals surface area (Å²) in [5.41, 5.74) is 3.97. The molecule has 2 nitrogen and oxygen atoms in total. The van der Waals surface area contributed by atoms with Crippen LogP contribution in [-0.2, 0) is 13.0 Å². The van der Waals surface area contributed by atoms with Crippen molar-refractivity contribution in [3.63, 3.8) is 0 Å². The average Bonchev–Trinajstić information content (AvgIpc) is 2.67. The predicted octanol–water partition coefficient (Wildman–Crippen LogP) is 6.48. The summed E-state index contributed by atoms with van der Waals surface area (Å²) in [6.45, 7) is 2.50. The van der Waals surface area contributed by atoms with Crippen molar-refractivity contribution in [2.24, 2.45) is 4.99 Å². The van der Waals surface area contributed by atoms with E-state index < -0.39 is 0 Å². The third-order valence-electron chi connectivity index (χ3n) is 3.98. The molecule has 0 spiro atoms. The average molecular weight is 412 g/mol. The summed E-state index contributed by atoms with van der Waals surface area (Å²) in [6, 6.07) is 20.3. The van der Waals surface area contributed by atoms with E-state index in [0.717, 1.165) is 33.5 Å². The van der Waals surface area contributed by atoms with Gasteiger partial charge in [0.15, 0.2) is 0 Å². The summed E-state index contributed by atoms with van der Waals surface area (Å²) in [7, 11) is 0. The molecule has 3 aromatic rings. The van der Waals surface area contributed by atoms with Gasteiger partial charge in [-0.25, -0.2) is 4.39 Å². The van der Waals surface area contributed by atoms with Gasteiger partial charge in [-0.1, -0.05) is 47.1 Å². The maximum Gasteiger partial charge on any atom is 0.128 e. The second-order valence-corrected chi connectivity index (χ2v) is 6.79. The van der Waals surface area contributed by atoms with Gasteiger partial charge in [-0.15, -0.1) is 0 Å². The van der Waals surface area contributed by atoms with Gasteiger partial charge in [0.2, 0.25) is 0 Å². The molecular formula is C22H19BrFNO. The van der Waals surface area contributed by atoms with Crippen molar-refractivity contribution in [2.75, 3.05) is 0 Å². The largest absolute Gasteiger partial charge is 0.488 e. The van der Waals surface area contributed by atoms with Crippen molar-refractivity contribution < 1.29 is 9.13 Å². The third-order valence-corrected chi connectivity index (χ3v) is 4.47. The molecule has 0 heterocycles. The van der Waals surface area contributed by atoms with E-state index in [2.05, 4.69) is 40.0 Å². The molecule has 0 aromatic heterocycles. The van der Waals surface area contributed by atoms with E-state index in [1.807, 2.05) is 30.3 Å². The minimum absolute atomic E-state index is 0.251. The number of ether oxygens (including phenoxy) is 1. The second kappa shape index (κ2) is 8.77. The Morgan fingerprint density at radius 3 is 2.35 bits per heavy atom. The minimum Gasteiger partial charge on any atom is -0.488 e. The van der Waals surface area contributed by atoms with Crippen LogP contribution in [0.5, 0.6) is 5.75 Å². The molecule has 0 aliphatic rings. The Morgan fingerprint density at radius 2 is 1.65 bits per heavy atom. The van der Waals surface area contributed by atoms with E-state index in [9.17, 15) is 4.39 Å². The Bertz CT molecular complexity index is 889. The molecule has 0 atom stereocenters. The Hall–Kier alpha value is -2.46. The SMILES string of the molecule is CCc1ccc(N=Cc2cc(Br)ccc2OCc2ccc(F)cc2)cc1. The zero-order chi connectivity index (χ0) is 18.4. The molecule has 3 aromatic carbocycles. The van der Waals surface area contributed by atoms with E-state index in [4.69, 9.17) is 4.74 Å². The highest BCUT2D eigenvalue weighted by atomic mass is 79.9. The summed E-state index contributed by atoms with van der Waals surface area (Å²) in [6.07, 6.45) is 2.81. The lowest BCUT2D eigenvalue weighted by Crippen LogP contribution is -1.98. The van der Waals surface area contributed by atoms with Gasteiger partial charge in [0.05, 0.1) is 5.69 Å². The highest BCUT2D eigenvalue weighted by molar-refractivity contribution is 9.10. The molecule has 0 aliphatic heterocycles. The second-order valence-electron chi connectivity index (χ2n) is 5.88. The quantitative estimate of drug-likeness (QED) is 0.425. The standard InChI is InChI=1S/C22H19BrFNO/c1-2-16-5-10-21(11-6-16)25-14-18-13-19(23)7-12-22(18)26-15-17-3-8-20(24)9-4-17/h3-14H,2,15H2,1H3. The summed E-state index contributed by atoms with van der Waals surface area (Å²) in [5.74, 6) is 0.478. The van der Waals surface area contributed by atoms with Crippen LogP contribution in [0.3, 0.4) is 0 Å². The topological polar surface area (TPSA) is 21.6 Å². The Labute approximate surface area is 161 Å². The number of hydrogen-bond acceptors (Lipinski definition) is 2. The highest BCUT2D eigenvalue weighted by Crippen LogP contribution is 2.24. The van der Waals surface area contributed by atoms with Crippen LogP contribution in [-0.4, -0.2) is 6.21 Å². The molecule has 0 aliphatic carbocycles. The van der Waals surface area contributed by atoms with Crippen molar-refractivity contribution in [3.8, 4) is 5.75 Å². The summed E-state index contributed by atoms with van der Waals surface area (Å²) in [5, 5.41) is 0. The van der Waals surface area contributed by atoms with Gasteiger partial charge in [-0.3, -0.25) is 4.99 Å². The maximum absolute atomic E-state index is 13.0. The van der Waals surface area contributed by atoms with Crippen molar-refractivity contribution in [3.05, 3.63) is 93.7 Å². The van der Waals surface area contributed by atoms with Gasteiger partial charge in [0.1, 0.15) is 18.2 Å². The predicted molar refractivity (Wildman–Crippen MR) is 108 cm³/mol. The first kappa shape index (κ1) is 18.3. The first-order valence-electron chi connectivity index (χ1n) is 8.44. The van der Waals surface area contributed by atoms with Gasteiger partial charge in [-0.2, -0.15) is 0 Å². The maximum atomic E-state index is 13.0. The smallest absolute Gasteiger partial charge is 0.128 e. The van der Waals surface area contributed by atoms with E-state index in [1.54, 1.807) is 18.3 Å². The van der Waals surface area contributed by atoms with E-state index in [0.29, 0.717) is 6.61 Å². The van der Waals surface area contributed by atoms with Crippen LogP contribution in [0.15, 0.2) is 76.2 Å². The van der Waals surface area contributed by atoms with E-state index in [-0.39, 0.29) is 5.82 Å². The zero-order valence-electron chi connectivity index (χ0n) is 14.5. The van der Waals surface area contributed by atoms with E-state index in [1.165, 1.54) is 17.7 Å². The summed E-state index contributed by atoms with van der Waals surface area (Å²) < 4.78 is 19.9. The number of halogens is 2. The fourth-order valence-electron chi connectivity index (χ4n) is 2.46. The number of rotatable bonds is 6. The van der Waals surface area contributed by atoms with Crippen molar-refractivity contribution in [1.82, 2.24) is 0 Å². The number of nitrogens with zero attached hydrogens (tertiary/aromatic N) is 1. The van der Waals surface area contributed by atoms with Crippen molar-refractivity contribution >= 4 is 27.8 Å². The van der Waals surface area contributed by atoms with Crippen LogP contribution in [0, 0.1) is 5.82 Å². The molecule has 0 saturated carbocycles. The fraction of sp³-hybridized carbons (Fsp3) is 0.136. The molecule has 4 heteroatoms. The lowest BCUT2D eigenvalue weighted by atomic mass is 10.1. The van der Waals surface area contributed by atoms with Crippen molar-refractivity contribution in [2.45, 2.75) is 20.0 Å². The molecule has 132 valence electrons. The lowest BCUT2D eigenvalue weighted by molar-refractivity contribution is 0.305. The summed E-state index contributed by atoms with van der Waals surface area (Å²) in [4.78, 5) is 4.54. The van der Waals surface area contributed by atoms with Crippen LogP contribution >= 0.6 is 15.9 Å². The Kier molecular flexibility index (Phi) is 6.18. The molecule has 0 saturated heterocycles. The lowest BCUT2D eigenvalue weighted by Gasteiger charge is -2.10. The van der Waals surface area contributed by atoms with E-state index >= 15 is 0 Å². The molecule has 0 N–H and O–H groups in total. The van der Waals surface area contributed by atoms with Crippen LogP contribution in [0.1, 0.15) is 23.6 Å². The molecule has 0 fully saturated rings. The molecule has 26 heavy (non-hydrogen) atoms. The normalized spacial score (nSPS) is 11.0. The first-order chi connectivity index (χ1) is 12.6. The van der Waals surface area contributed by atoms with Crippen LogP contribution in [0.4, 0.5) is 10.1 Å². The highest BCUT2D eigenvalue weighted by Gasteiger charge is 2.04. The van der Waals surface area contributed by atoms with Gasteiger partial charge in [0, 0.05) is 16.3 Å². The van der Waals surface area contributed by atoms with Gasteiger partial charge < -0.3 is 4.74 Å². The molecule has 0 unspecified atom stereocenters. The number of aryl methyl sites for hydroxylation is 1. The zero-order valence-corrected chi connectivity index (χ0v) is 16.0. The molecular weight excluding hydrogens is 393 g/mol. The Morgan fingerprint density at radius 1 is 0.962 bits per heavy atom. The monoisotopic (exact) mass is 411 g/mol. The molecule has 3 rings (SSSR count). The summed E-state index contributed by atoms with van der Waals surface area (Å²) >= 11 is 3.49. The Balaban J connectivity index is 1.76. The number of aliphatic imine (C=N–C) groups is 1. The molecule has 0 amide bonds. The van der Waals surface area contributed by atoms with Crippen LogP contribution in [0.25, 0.3) is 0 Å². The van der Waals surface area contributed by atoms with Crippen LogP contribution < -0.4 is 4.74 Å². The van der Waals surface area contributed by atoms with Crippen molar-refractivity contribution in [1.29, 1.82) is 0 Å². The molecule has 0 radical (unpaired) electrons. The first-order valence-corrected chi connectivity index (χ1v) is 9.23. The molecule has 0 bridgehead atoms. The van der Waals surface area contributed by atoms with Crippen LogP contribution in [0.2, 0.25) is 0 Å². The number of benzene rings is 3. The number of hydrogen-bond donors (Lipinski definition) is 0. The van der Waals surface area contributed by atoms with Gasteiger partial charge >= 0.3 is 0 Å². The van der Waals surface area contributed by atoms with Gasteiger partial charge in [0.25, 0.3) is 0 Å². The van der Waals surface area contributed by atoms with Gasteiger partial charge in [-0.05, 0) is 60.0 Å². The minimum atomic E-state index is -0.251. The third kappa shape index (κ3) is 5.02.